The molecule has 0 aliphatic heterocycles. The van der Waals surface area contributed by atoms with Crippen molar-refractivity contribution in [2.24, 2.45) is 5.92 Å². The summed E-state index contributed by atoms with van der Waals surface area (Å²) in [5.74, 6) is -0.230. The zero-order valence-corrected chi connectivity index (χ0v) is 14.2. The molecule has 6 heteroatoms. The Morgan fingerprint density at radius 3 is 2.62 bits per heavy atom. The number of amides is 1. The SMILES string of the molecule is COC(=O)C1CCC(NC(=O)/C=C/c2ccc(Br)s2)CC1. The third kappa shape index (κ3) is 4.97. The highest BCUT2D eigenvalue weighted by Crippen LogP contribution is 2.25. The minimum Gasteiger partial charge on any atom is -0.469 e. The predicted octanol–water partition coefficient (Wildman–Crippen LogP) is 3.37. The summed E-state index contributed by atoms with van der Waals surface area (Å²) in [4.78, 5) is 24.3. The van der Waals surface area contributed by atoms with Gasteiger partial charge < -0.3 is 10.1 Å². The molecule has 1 aromatic rings. The van der Waals surface area contributed by atoms with Crippen molar-refractivity contribution >= 4 is 45.2 Å². The van der Waals surface area contributed by atoms with Crippen LogP contribution in [-0.2, 0) is 14.3 Å². The van der Waals surface area contributed by atoms with Gasteiger partial charge in [0, 0.05) is 17.0 Å². The molecule has 0 unspecified atom stereocenters. The van der Waals surface area contributed by atoms with E-state index < -0.39 is 0 Å². The van der Waals surface area contributed by atoms with Crippen LogP contribution in [0, 0.1) is 5.92 Å². The fraction of sp³-hybridized carbons (Fsp3) is 0.467. The van der Waals surface area contributed by atoms with E-state index in [9.17, 15) is 9.59 Å². The molecule has 2 rings (SSSR count). The second-order valence-corrected chi connectivity index (χ2v) is 7.55. The highest BCUT2D eigenvalue weighted by molar-refractivity contribution is 9.11. The third-order valence-corrected chi connectivity index (χ3v) is 5.19. The van der Waals surface area contributed by atoms with Gasteiger partial charge in [-0.05, 0) is 59.8 Å². The highest BCUT2D eigenvalue weighted by Gasteiger charge is 2.27. The Labute approximate surface area is 136 Å². The van der Waals surface area contributed by atoms with Gasteiger partial charge in [0.1, 0.15) is 0 Å². The molecule has 0 atom stereocenters. The van der Waals surface area contributed by atoms with Gasteiger partial charge in [-0.3, -0.25) is 9.59 Å². The Hall–Kier alpha value is -1.14. The minimum absolute atomic E-state index is 0.0119. The van der Waals surface area contributed by atoms with Crippen LogP contribution in [0.15, 0.2) is 22.0 Å². The number of ether oxygens (including phenoxy) is 1. The van der Waals surface area contributed by atoms with Crippen molar-refractivity contribution in [1.29, 1.82) is 0 Å². The normalized spacial score (nSPS) is 22.2. The van der Waals surface area contributed by atoms with Gasteiger partial charge >= 0.3 is 5.97 Å². The summed E-state index contributed by atoms with van der Waals surface area (Å²) in [6.07, 6.45) is 6.57. The van der Waals surface area contributed by atoms with Gasteiger partial charge in [-0.15, -0.1) is 11.3 Å². The lowest BCUT2D eigenvalue weighted by Gasteiger charge is -2.27. The average molecular weight is 372 g/mol. The first kappa shape index (κ1) is 16.2. The second kappa shape index (κ2) is 7.75. The first-order valence-corrected chi connectivity index (χ1v) is 8.51. The molecule has 1 heterocycles. The Balaban J connectivity index is 1.77. The molecular weight excluding hydrogens is 354 g/mol. The fourth-order valence-electron chi connectivity index (χ4n) is 2.47. The highest BCUT2D eigenvalue weighted by atomic mass is 79.9. The van der Waals surface area contributed by atoms with Gasteiger partial charge in [-0.25, -0.2) is 0 Å². The topological polar surface area (TPSA) is 55.4 Å². The Morgan fingerprint density at radius 1 is 1.33 bits per heavy atom. The Morgan fingerprint density at radius 2 is 2.05 bits per heavy atom. The third-order valence-electron chi connectivity index (χ3n) is 3.60. The molecule has 0 radical (unpaired) electrons. The summed E-state index contributed by atoms with van der Waals surface area (Å²) in [5, 5.41) is 2.99. The van der Waals surface area contributed by atoms with Crippen LogP contribution in [0.3, 0.4) is 0 Å². The summed E-state index contributed by atoms with van der Waals surface area (Å²) in [7, 11) is 1.42. The van der Waals surface area contributed by atoms with Crippen molar-refractivity contribution in [1.82, 2.24) is 5.32 Å². The predicted molar refractivity (Wildman–Crippen MR) is 87.0 cm³/mol. The number of halogens is 1. The summed E-state index contributed by atoms with van der Waals surface area (Å²) in [5.41, 5.74) is 0. The number of rotatable bonds is 4. The summed E-state index contributed by atoms with van der Waals surface area (Å²) < 4.78 is 5.80. The van der Waals surface area contributed by atoms with E-state index in [1.165, 1.54) is 7.11 Å². The number of esters is 1. The number of nitrogens with one attached hydrogen (secondary N) is 1. The van der Waals surface area contributed by atoms with E-state index in [-0.39, 0.29) is 23.8 Å². The number of carbonyl (C=O) groups excluding carboxylic acids is 2. The van der Waals surface area contributed by atoms with Crippen molar-refractivity contribution in [2.75, 3.05) is 7.11 Å². The molecular formula is C15H18BrNO3S. The lowest BCUT2D eigenvalue weighted by Crippen LogP contribution is -2.38. The number of methoxy groups -OCH3 is 1. The van der Waals surface area contributed by atoms with Crippen LogP contribution in [0.2, 0.25) is 0 Å². The van der Waals surface area contributed by atoms with Crippen molar-refractivity contribution in [2.45, 2.75) is 31.7 Å². The molecule has 0 aromatic carbocycles. The molecule has 1 aliphatic rings. The molecule has 1 fully saturated rings. The smallest absolute Gasteiger partial charge is 0.308 e. The van der Waals surface area contributed by atoms with Gasteiger partial charge in [0.25, 0.3) is 0 Å². The van der Waals surface area contributed by atoms with E-state index in [1.54, 1.807) is 17.4 Å². The van der Waals surface area contributed by atoms with E-state index in [0.717, 1.165) is 34.3 Å². The van der Waals surface area contributed by atoms with Gasteiger partial charge in [0.2, 0.25) is 5.91 Å². The van der Waals surface area contributed by atoms with Crippen molar-refractivity contribution < 1.29 is 14.3 Å². The zero-order chi connectivity index (χ0) is 15.2. The maximum Gasteiger partial charge on any atom is 0.308 e. The largest absolute Gasteiger partial charge is 0.469 e. The minimum atomic E-state index is -0.136. The second-order valence-electron chi connectivity index (χ2n) is 5.06. The Kier molecular flexibility index (Phi) is 5.99. The lowest BCUT2D eigenvalue weighted by atomic mass is 9.86. The van der Waals surface area contributed by atoms with Crippen LogP contribution in [0.25, 0.3) is 6.08 Å². The molecule has 0 saturated heterocycles. The maximum absolute atomic E-state index is 11.9. The quantitative estimate of drug-likeness (QED) is 0.651. The van der Waals surface area contributed by atoms with Gasteiger partial charge in [-0.2, -0.15) is 0 Å². The summed E-state index contributed by atoms with van der Waals surface area (Å²) in [6, 6.07) is 4.06. The van der Waals surface area contributed by atoms with Gasteiger partial charge in [-0.1, -0.05) is 0 Å². The van der Waals surface area contributed by atoms with Gasteiger partial charge in [0.15, 0.2) is 0 Å². The first-order valence-electron chi connectivity index (χ1n) is 6.90. The number of hydrogen-bond acceptors (Lipinski definition) is 4. The molecule has 1 aliphatic carbocycles. The molecule has 4 nitrogen and oxygen atoms in total. The Bertz CT molecular complexity index is 533. The van der Waals surface area contributed by atoms with Crippen LogP contribution >= 0.6 is 27.3 Å². The molecule has 0 spiro atoms. The van der Waals surface area contributed by atoms with Crippen molar-refractivity contribution in [3.63, 3.8) is 0 Å². The van der Waals surface area contributed by atoms with E-state index in [4.69, 9.17) is 4.74 Å². The lowest BCUT2D eigenvalue weighted by molar-refractivity contribution is -0.146. The van der Waals surface area contributed by atoms with Crippen molar-refractivity contribution in [3.05, 3.63) is 26.9 Å². The van der Waals surface area contributed by atoms with Crippen LogP contribution in [-0.4, -0.2) is 25.0 Å². The zero-order valence-electron chi connectivity index (χ0n) is 11.8. The number of thiophene rings is 1. The van der Waals surface area contributed by atoms with Crippen LogP contribution in [0.4, 0.5) is 0 Å². The van der Waals surface area contributed by atoms with Crippen LogP contribution in [0.5, 0.6) is 0 Å². The van der Waals surface area contributed by atoms with E-state index in [1.807, 2.05) is 18.2 Å². The molecule has 21 heavy (non-hydrogen) atoms. The van der Waals surface area contributed by atoms with Crippen LogP contribution < -0.4 is 5.32 Å². The van der Waals surface area contributed by atoms with E-state index >= 15 is 0 Å². The van der Waals surface area contributed by atoms with Gasteiger partial charge in [0.05, 0.1) is 16.8 Å². The van der Waals surface area contributed by atoms with E-state index in [0.29, 0.717) is 0 Å². The fourth-order valence-corrected chi connectivity index (χ4v) is 3.79. The van der Waals surface area contributed by atoms with E-state index in [2.05, 4.69) is 21.2 Å². The molecule has 1 N–H and O–H groups in total. The molecule has 114 valence electrons. The molecule has 0 bridgehead atoms. The molecule has 1 saturated carbocycles. The monoisotopic (exact) mass is 371 g/mol. The standard InChI is InChI=1S/C15H18BrNO3S/c1-20-15(19)10-2-4-11(5-3-10)17-14(18)9-7-12-6-8-13(16)21-12/h6-11H,2-5H2,1H3,(H,17,18)/b9-7+. The average Bonchev–Trinajstić information content (AvgIpc) is 2.91. The maximum atomic E-state index is 11.9. The summed E-state index contributed by atoms with van der Waals surface area (Å²) in [6.45, 7) is 0. The number of carbonyl (C=O) groups is 2. The van der Waals surface area contributed by atoms with Crippen LogP contribution in [0.1, 0.15) is 30.6 Å². The molecule has 1 aromatic heterocycles. The summed E-state index contributed by atoms with van der Waals surface area (Å²) >= 11 is 4.97. The van der Waals surface area contributed by atoms with Crippen molar-refractivity contribution in [3.8, 4) is 0 Å². The first-order chi connectivity index (χ1) is 10.1. The number of hydrogen-bond donors (Lipinski definition) is 1. The molecule has 1 amide bonds.